The van der Waals surface area contributed by atoms with Crippen LogP contribution in [-0.2, 0) is 4.74 Å². The molecule has 2 heterocycles. The molecular weight excluding hydrogens is 394 g/mol. The van der Waals surface area contributed by atoms with Crippen LogP contribution < -0.4 is 26.6 Å². The third-order valence-corrected chi connectivity index (χ3v) is 5.07. The van der Waals surface area contributed by atoms with E-state index in [9.17, 15) is 9.59 Å². The third-order valence-electron chi connectivity index (χ3n) is 5.07. The molecule has 3 aromatic rings. The molecule has 0 spiro atoms. The molecule has 0 unspecified atom stereocenters. The Bertz CT molecular complexity index is 1220. The minimum Gasteiger partial charge on any atom is -0.492 e. The summed E-state index contributed by atoms with van der Waals surface area (Å²) in [5.74, 6) is 0.764. The number of hydrogen-bond donors (Lipinski definition) is 2. The van der Waals surface area contributed by atoms with Crippen molar-refractivity contribution in [1.29, 1.82) is 0 Å². The number of ether oxygens (including phenoxy) is 2. The van der Waals surface area contributed by atoms with Crippen molar-refractivity contribution in [1.82, 2.24) is 14.9 Å². The van der Waals surface area contributed by atoms with Crippen molar-refractivity contribution < 1.29 is 9.47 Å². The number of benzene rings is 2. The summed E-state index contributed by atoms with van der Waals surface area (Å²) >= 11 is 0. The molecule has 2 N–H and O–H groups in total. The first-order valence-electron chi connectivity index (χ1n) is 10.3. The highest BCUT2D eigenvalue weighted by Gasteiger charge is 2.09. The van der Waals surface area contributed by atoms with Gasteiger partial charge in [-0.15, -0.1) is 0 Å². The van der Waals surface area contributed by atoms with Crippen LogP contribution in [0, 0.1) is 0 Å². The predicted octanol–water partition coefficient (Wildman–Crippen LogP) is 0.432. The van der Waals surface area contributed by atoms with Crippen molar-refractivity contribution >= 4 is 12.2 Å². The van der Waals surface area contributed by atoms with E-state index in [4.69, 9.17) is 9.47 Å². The molecule has 1 aliphatic rings. The zero-order valence-electron chi connectivity index (χ0n) is 17.2. The van der Waals surface area contributed by atoms with Crippen LogP contribution in [0.3, 0.4) is 0 Å². The first kappa shape index (κ1) is 20.8. The van der Waals surface area contributed by atoms with Crippen LogP contribution in [0.2, 0.25) is 0 Å². The van der Waals surface area contributed by atoms with Gasteiger partial charge in [0.2, 0.25) is 0 Å². The zero-order chi connectivity index (χ0) is 21.5. The van der Waals surface area contributed by atoms with Gasteiger partial charge >= 0.3 is 0 Å². The lowest BCUT2D eigenvalue weighted by Crippen LogP contribution is -2.46. The van der Waals surface area contributed by atoms with Gasteiger partial charge in [0.15, 0.2) is 0 Å². The number of rotatable bonds is 6. The standard InChI is InChI=1S/C24H25N3O4/c28-23-21(16-18-4-2-1-3-5-18)25-24(29)22(26-23)17-19-6-8-20(9-7-19)31-15-12-27-10-13-30-14-11-27/h1-9,16-17H,10-15H2,(H,25,29)(H,26,28)/b21-16-,22-17-. The number of hydrogen-bond acceptors (Lipinski definition) is 5. The second kappa shape index (κ2) is 10.1. The fourth-order valence-corrected chi connectivity index (χ4v) is 3.36. The van der Waals surface area contributed by atoms with Crippen molar-refractivity contribution in [3.8, 4) is 5.75 Å². The van der Waals surface area contributed by atoms with Crippen LogP contribution in [0.25, 0.3) is 12.2 Å². The molecule has 4 rings (SSSR count). The molecule has 1 saturated heterocycles. The third kappa shape index (κ3) is 5.81. The highest BCUT2D eigenvalue weighted by molar-refractivity contribution is 5.50. The molecule has 1 aromatic heterocycles. The Balaban J connectivity index is 1.46. The molecular formula is C24H25N3O4. The fraction of sp³-hybridized carbons (Fsp3) is 0.250. The van der Waals surface area contributed by atoms with E-state index in [1.165, 1.54) is 0 Å². The highest BCUT2D eigenvalue weighted by Crippen LogP contribution is 2.12. The van der Waals surface area contributed by atoms with E-state index in [0.717, 1.165) is 49.7 Å². The minimum absolute atomic E-state index is 0.205. The van der Waals surface area contributed by atoms with Gasteiger partial charge in [-0.1, -0.05) is 42.5 Å². The second-order valence-corrected chi connectivity index (χ2v) is 7.31. The molecule has 1 aliphatic heterocycles. The normalized spacial score (nSPS) is 15.9. The summed E-state index contributed by atoms with van der Waals surface area (Å²) in [5, 5.41) is 0.425. The Labute approximate surface area is 179 Å². The molecule has 31 heavy (non-hydrogen) atoms. The Kier molecular flexibility index (Phi) is 6.76. The van der Waals surface area contributed by atoms with Crippen molar-refractivity contribution in [3.05, 3.63) is 97.1 Å². The topological polar surface area (TPSA) is 87.4 Å². The molecule has 7 heteroatoms. The molecule has 0 saturated carbocycles. The first-order valence-corrected chi connectivity index (χ1v) is 10.3. The predicted molar refractivity (Wildman–Crippen MR) is 120 cm³/mol. The van der Waals surface area contributed by atoms with Gasteiger partial charge in [0.05, 0.1) is 13.2 Å². The smallest absolute Gasteiger partial charge is 0.272 e. The first-order chi connectivity index (χ1) is 15.2. The molecule has 2 aromatic carbocycles. The molecule has 0 atom stereocenters. The van der Waals surface area contributed by atoms with E-state index in [1.54, 1.807) is 12.2 Å². The van der Waals surface area contributed by atoms with E-state index in [1.807, 2.05) is 54.6 Å². The van der Waals surface area contributed by atoms with Gasteiger partial charge < -0.3 is 19.4 Å². The van der Waals surface area contributed by atoms with Crippen LogP contribution in [0.4, 0.5) is 0 Å². The van der Waals surface area contributed by atoms with Crippen LogP contribution in [0.1, 0.15) is 11.1 Å². The Morgan fingerprint density at radius 2 is 1.42 bits per heavy atom. The summed E-state index contributed by atoms with van der Waals surface area (Å²) in [6.45, 7) is 4.89. The molecule has 0 amide bonds. The zero-order valence-corrected chi connectivity index (χ0v) is 17.2. The van der Waals surface area contributed by atoms with Gasteiger partial charge in [-0.3, -0.25) is 14.5 Å². The summed E-state index contributed by atoms with van der Waals surface area (Å²) in [7, 11) is 0. The van der Waals surface area contributed by atoms with Crippen molar-refractivity contribution in [3.63, 3.8) is 0 Å². The molecule has 0 bridgehead atoms. The van der Waals surface area contributed by atoms with E-state index < -0.39 is 0 Å². The SMILES string of the molecule is O=c1[nH]/c(=C\c2ccc(OCCN3CCOCC3)cc2)c(=O)[nH]/c1=C\c1ccccc1. The molecule has 7 nitrogen and oxygen atoms in total. The summed E-state index contributed by atoms with van der Waals surface area (Å²) in [6, 6.07) is 16.8. The molecule has 0 aliphatic carbocycles. The van der Waals surface area contributed by atoms with E-state index in [2.05, 4.69) is 14.9 Å². The summed E-state index contributed by atoms with van der Waals surface area (Å²) in [4.78, 5) is 32.4. The Hall–Kier alpha value is -3.42. The number of nitrogens with zero attached hydrogens (tertiary/aromatic N) is 1. The van der Waals surface area contributed by atoms with Gasteiger partial charge in [-0.25, -0.2) is 0 Å². The van der Waals surface area contributed by atoms with Crippen LogP contribution >= 0.6 is 0 Å². The average Bonchev–Trinajstić information content (AvgIpc) is 2.80. The van der Waals surface area contributed by atoms with Gasteiger partial charge in [0.1, 0.15) is 23.1 Å². The highest BCUT2D eigenvalue weighted by atomic mass is 16.5. The number of aromatic nitrogens is 2. The Morgan fingerprint density at radius 3 is 2.03 bits per heavy atom. The lowest BCUT2D eigenvalue weighted by molar-refractivity contribution is 0.0322. The quantitative estimate of drug-likeness (QED) is 0.605. The van der Waals surface area contributed by atoms with E-state index in [0.29, 0.717) is 6.61 Å². The monoisotopic (exact) mass is 419 g/mol. The van der Waals surface area contributed by atoms with Crippen molar-refractivity contribution in [2.45, 2.75) is 0 Å². The van der Waals surface area contributed by atoms with Gasteiger partial charge in [0, 0.05) is 19.6 Å². The average molecular weight is 419 g/mol. The van der Waals surface area contributed by atoms with Gasteiger partial charge in [-0.2, -0.15) is 0 Å². The number of aromatic amines is 2. The lowest BCUT2D eigenvalue weighted by atomic mass is 10.2. The van der Waals surface area contributed by atoms with E-state index >= 15 is 0 Å². The molecule has 1 fully saturated rings. The number of nitrogens with one attached hydrogen (secondary N) is 2. The van der Waals surface area contributed by atoms with Crippen molar-refractivity contribution in [2.24, 2.45) is 0 Å². The molecule has 0 radical (unpaired) electrons. The summed E-state index contributed by atoms with van der Waals surface area (Å²) < 4.78 is 11.1. The van der Waals surface area contributed by atoms with Crippen LogP contribution in [0.5, 0.6) is 5.75 Å². The van der Waals surface area contributed by atoms with Crippen LogP contribution in [-0.4, -0.2) is 54.3 Å². The minimum atomic E-state index is -0.354. The fourth-order valence-electron chi connectivity index (χ4n) is 3.36. The second-order valence-electron chi connectivity index (χ2n) is 7.31. The van der Waals surface area contributed by atoms with Crippen LogP contribution in [0.15, 0.2) is 64.2 Å². The summed E-state index contributed by atoms with van der Waals surface area (Å²) in [5.41, 5.74) is 0.927. The lowest BCUT2D eigenvalue weighted by Gasteiger charge is -2.26. The van der Waals surface area contributed by atoms with Gasteiger partial charge in [0.25, 0.3) is 11.1 Å². The van der Waals surface area contributed by atoms with Gasteiger partial charge in [-0.05, 0) is 35.4 Å². The maximum absolute atomic E-state index is 12.4. The maximum Gasteiger partial charge on any atom is 0.272 e. The summed E-state index contributed by atoms with van der Waals surface area (Å²) in [6.07, 6.45) is 3.29. The maximum atomic E-state index is 12.4. The van der Waals surface area contributed by atoms with E-state index in [-0.39, 0.29) is 21.8 Å². The number of morpholine rings is 1. The Morgan fingerprint density at radius 1 is 0.839 bits per heavy atom. The number of H-pyrrole nitrogens is 2. The van der Waals surface area contributed by atoms with Crippen molar-refractivity contribution in [2.75, 3.05) is 39.5 Å². The largest absolute Gasteiger partial charge is 0.492 e. The molecule has 160 valence electrons.